The van der Waals surface area contributed by atoms with Crippen molar-refractivity contribution in [3.63, 3.8) is 0 Å². The summed E-state index contributed by atoms with van der Waals surface area (Å²) in [6.45, 7) is 4.00. The Hall–Kier alpha value is -5.52. The lowest BCUT2D eigenvalue weighted by molar-refractivity contribution is 0.324. The first-order valence-corrected chi connectivity index (χ1v) is 13.5. The molecule has 0 saturated heterocycles. The second-order valence-electron chi connectivity index (χ2n) is 8.61. The summed E-state index contributed by atoms with van der Waals surface area (Å²) >= 11 is 0. The SMILES string of the molecule is C.CC.COc1cc(/C(N)=C/N=C(N)c2cccc(C(N)=N/C=C(\N)c3cc(OC)c(OC)c(OC)c3)c2)cc(OC)c1OC. The highest BCUT2D eigenvalue weighted by Gasteiger charge is 2.15. The van der Waals surface area contributed by atoms with Crippen molar-refractivity contribution < 1.29 is 28.4 Å². The van der Waals surface area contributed by atoms with Crippen LogP contribution < -0.4 is 51.4 Å². The van der Waals surface area contributed by atoms with Crippen molar-refractivity contribution in [1.29, 1.82) is 0 Å². The van der Waals surface area contributed by atoms with Crippen LogP contribution in [0.15, 0.2) is 70.9 Å². The molecule has 0 bridgehead atoms. The average Bonchev–Trinajstić information content (AvgIpc) is 3.08. The zero-order valence-corrected chi connectivity index (χ0v) is 26.4. The van der Waals surface area contributed by atoms with Crippen LogP contribution in [0.2, 0.25) is 0 Å². The Labute approximate surface area is 265 Å². The number of hydrogen-bond donors (Lipinski definition) is 4. The van der Waals surface area contributed by atoms with Crippen LogP contribution in [0.4, 0.5) is 0 Å². The van der Waals surface area contributed by atoms with Crippen LogP contribution in [0.5, 0.6) is 34.5 Å². The van der Waals surface area contributed by atoms with E-state index in [-0.39, 0.29) is 19.1 Å². The second kappa shape index (κ2) is 18.2. The molecule has 244 valence electrons. The van der Waals surface area contributed by atoms with Gasteiger partial charge in [-0.15, -0.1) is 0 Å². The number of benzene rings is 3. The smallest absolute Gasteiger partial charge is 0.203 e. The Morgan fingerprint density at radius 1 is 0.511 bits per heavy atom. The molecule has 0 aliphatic carbocycles. The number of ether oxygens (including phenoxy) is 6. The zero-order chi connectivity index (χ0) is 32.8. The first-order valence-electron chi connectivity index (χ1n) is 13.5. The topological polar surface area (TPSA) is 184 Å². The van der Waals surface area contributed by atoms with E-state index in [0.717, 1.165) is 0 Å². The number of nitrogens with two attached hydrogens (primary N) is 4. The largest absolute Gasteiger partial charge is 0.493 e. The van der Waals surface area contributed by atoms with Gasteiger partial charge in [0.2, 0.25) is 11.5 Å². The van der Waals surface area contributed by atoms with E-state index in [1.54, 1.807) is 48.5 Å². The standard InChI is InChI=1S/C30H36N6O6.C2H6.CH4/c1-37-23-11-19(12-24(38-2)27(23)41-5)21(31)15-35-29(33)17-8-7-9-18(10-17)30(34)36-16-22(32)20-13-25(39-3)28(42-6)26(14-20)40-4;1-2;/h7-16H,31-32H2,1-6H3,(H2,33,35)(H2,34,36);1-2H3;1H4/b21-15-,22-16-;;. The monoisotopic (exact) mass is 622 g/mol. The van der Waals surface area contributed by atoms with Crippen LogP contribution in [-0.2, 0) is 0 Å². The van der Waals surface area contributed by atoms with Crippen molar-refractivity contribution in [2.75, 3.05) is 42.7 Å². The van der Waals surface area contributed by atoms with Gasteiger partial charge in [-0.1, -0.05) is 39.5 Å². The van der Waals surface area contributed by atoms with Crippen molar-refractivity contribution >= 4 is 23.1 Å². The highest BCUT2D eigenvalue weighted by molar-refractivity contribution is 6.03. The van der Waals surface area contributed by atoms with Crippen LogP contribution in [0.25, 0.3) is 11.4 Å². The van der Waals surface area contributed by atoms with Gasteiger partial charge in [0, 0.05) is 22.3 Å². The summed E-state index contributed by atoms with van der Waals surface area (Å²) in [7, 11) is 9.15. The molecule has 0 aliphatic rings. The molecule has 0 amide bonds. The molecular formula is C33H46N6O6. The second-order valence-corrected chi connectivity index (χ2v) is 8.61. The fourth-order valence-electron chi connectivity index (χ4n) is 3.91. The van der Waals surface area contributed by atoms with Crippen LogP contribution in [0.1, 0.15) is 43.5 Å². The van der Waals surface area contributed by atoms with E-state index in [9.17, 15) is 0 Å². The first-order chi connectivity index (χ1) is 21.2. The third kappa shape index (κ3) is 9.23. The highest BCUT2D eigenvalue weighted by atomic mass is 16.5. The van der Waals surface area contributed by atoms with Gasteiger partial charge in [0.05, 0.1) is 66.5 Å². The van der Waals surface area contributed by atoms with Crippen molar-refractivity contribution in [3.8, 4) is 34.5 Å². The Bertz CT molecular complexity index is 1390. The molecule has 12 nitrogen and oxygen atoms in total. The fraction of sp³-hybridized carbons (Fsp3) is 0.273. The van der Waals surface area contributed by atoms with Gasteiger partial charge in [0.15, 0.2) is 23.0 Å². The summed E-state index contributed by atoms with van der Waals surface area (Å²) in [5.41, 5.74) is 28.2. The lowest BCUT2D eigenvalue weighted by atomic mass is 10.1. The van der Waals surface area contributed by atoms with Gasteiger partial charge < -0.3 is 51.4 Å². The molecule has 0 aromatic heterocycles. The van der Waals surface area contributed by atoms with E-state index in [4.69, 9.17) is 51.4 Å². The molecule has 0 saturated carbocycles. The van der Waals surface area contributed by atoms with Gasteiger partial charge in [0.1, 0.15) is 11.7 Å². The minimum Gasteiger partial charge on any atom is -0.493 e. The molecule has 12 heteroatoms. The molecule has 8 N–H and O–H groups in total. The number of aliphatic imine (C=N–C) groups is 2. The first kappa shape index (κ1) is 37.5. The Kier molecular flexibility index (Phi) is 15.2. The quantitative estimate of drug-likeness (QED) is 0.163. The van der Waals surface area contributed by atoms with Crippen molar-refractivity contribution in [3.05, 3.63) is 83.2 Å². The third-order valence-corrected chi connectivity index (χ3v) is 6.14. The molecule has 3 aromatic rings. The summed E-state index contributed by atoms with van der Waals surface area (Å²) < 4.78 is 32.3. The van der Waals surface area contributed by atoms with Crippen LogP contribution >= 0.6 is 0 Å². The lowest BCUT2D eigenvalue weighted by Gasteiger charge is -2.14. The minimum absolute atomic E-state index is 0. The zero-order valence-electron chi connectivity index (χ0n) is 26.4. The third-order valence-electron chi connectivity index (χ3n) is 6.14. The van der Waals surface area contributed by atoms with Gasteiger partial charge in [0.25, 0.3) is 0 Å². The van der Waals surface area contributed by atoms with E-state index in [1.165, 1.54) is 55.1 Å². The molecule has 3 aromatic carbocycles. The van der Waals surface area contributed by atoms with Gasteiger partial charge >= 0.3 is 0 Å². The van der Waals surface area contributed by atoms with Gasteiger partial charge in [-0.25, -0.2) is 9.98 Å². The molecule has 0 atom stereocenters. The molecule has 3 rings (SSSR count). The summed E-state index contributed by atoms with van der Waals surface area (Å²) in [6, 6.07) is 14.0. The Balaban J connectivity index is 0.00000331. The van der Waals surface area contributed by atoms with E-state index in [0.29, 0.717) is 68.1 Å². The molecule has 0 aliphatic heterocycles. The van der Waals surface area contributed by atoms with E-state index < -0.39 is 0 Å². The van der Waals surface area contributed by atoms with Crippen LogP contribution in [-0.4, -0.2) is 54.3 Å². The van der Waals surface area contributed by atoms with E-state index in [1.807, 2.05) is 13.8 Å². The molecular weight excluding hydrogens is 576 g/mol. The summed E-state index contributed by atoms with van der Waals surface area (Å²) in [5, 5.41) is 0. The summed E-state index contributed by atoms with van der Waals surface area (Å²) in [6.07, 6.45) is 2.89. The molecule has 0 spiro atoms. The van der Waals surface area contributed by atoms with Crippen LogP contribution in [0, 0.1) is 0 Å². The van der Waals surface area contributed by atoms with E-state index in [2.05, 4.69) is 9.98 Å². The number of methoxy groups -OCH3 is 6. The van der Waals surface area contributed by atoms with Crippen molar-refractivity contribution in [1.82, 2.24) is 0 Å². The molecule has 0 heterocycles. The molecule has 45 heavy (non-hydrogen) atoms. The average molecular weight is 623 g/mol. The molecule has 0 unspecified atom stereocenters. The van der Waals surface area contributed by atoms with Gasteiger partial charge in [-0.3, -0.25) is 0 Å². The maximum Gasteiger partial charge on any atom is 0.203 e. The Morgan fingerprint density at radius 3 is 1.09 bits per heavy atom. The van der Waals surface area contributed by atoms with Crippen molar-refractivity contribution in [2.24, 2.45) is 32.9 Å². The van der Waals surface area contributed by atoms with Crippen LogP contribution in [0.3, 0.4) is 0 Å². The minimum atomic E-state index is 0. The number of amidine groups is 2. The van der Waals surface area contributed by atoms with E-state index >= 15 is 0 Å². The molecule has 0 radical (unpaired) electrons. The molecule has 0 fully saturated rings. The number of nitrogens with zero attached hydrogens (tertiary/aromatic N) is 2. The van der Waals surface area contributed by atoms with Gasteiger partial charge in [-0.2, -0.15) is 0 Å². The normalized spacial score (nSPS) is 11.8. The predicted octanol–water partition coefficient (Wildman–Crippen LogP) is 4.73. The highest BCUT2D eigenvalue weighted by Crippen LogP contribution is 2.40. The number of hydrogen-bond acceptors (Lipinski definition) is 10. The number of rotatable bonds is 12. The maximum atomic E-state index is 6.27. The maximum absolute atomic E-state index is 6.27. The predicted molar refractivity (Wildman–Crippen MR) is 182 cm³/mol. The summed E-state index contributed by atoms with van der Waals surface area (Å²) in [4.78, 5) is 8.67. The van der Waals surface area contributed by atoms with Gasteiger partial charge in [-0.05, 0) is 30.3 Å². The Morgan fingerprint density at radius 2 is 0.822 bits per heavy atom. The fourth-order valence-corrected chi connectivity index (χ4v) is 3.91. The summed E-state index contributed by atoms with van der Waals surface area (Å²) in [5.74, 6) is 3.18. The lowest BCUT2D eigenvalue weighted by Crippen LogP contribution is -2.17. The van der Waals surface area contributed by atoms with Crippen molar-refractivity contribution in [2.45, 2.75) is 21.3 Å².